The van der Waals surface area contributed by atoms with Crippen molar-refractivity contribution in [3.8, 4) is 17.2 Å². The van der Waals surface area contributed by atoms with E-state index in [2.05, 4.69) is 5.32 Å². The summed E-state index contributed by atoms with van der Waals surface area (Å²) in [6.45, 7) is 0.0178. The van der Waals surface area contributed by atoms with E-state index in [9.17, 15) is 9.90 Å². The van der Waals surface area contributed by atoms with Gasteiger partial charge in [0.25, 0.3) is 5.91 Å². The molecule has 0 fully saturated rings. The number of benzene rings is 2. The lowest BCUT2D eigenvalue weighted by Gasteiger charge is -2.15. The smallest absolute Gasteiger partial charge is 0.255 e. The molecule has 0 saturated heterocycles. The number of rotatable bonds is 7. The number of methoxy groups -OCH3 is 3. The van der Waals surface area contributed by atoms with E-state index in [4.69, 9.17) is 25.8 Å². The molecule has 7 heteroatoms. The zero-order valence-electron chi connectivity index (χ0n) is 14.2. The van der Waals surface area contributed by atoms with Crippen LogP contribution >= 0.6 is 11.6 Å². The van der Waals surface area contributed by atoms with Crippen LogP contribution in [0, 0.1) is 0 Å². The van der Waals surface area contributed by atoms with E-state index >= 15 is 0 Å². The van der Waals surface area contributed by atoms with E-state index < -0.39 is 6.10 Å². The van der Waals surface area contributed by atoms with Gasteiger partial charge in [0.05, 0.1) is 33.0 Å². The second-order valence-corrected chi connectivity index (χ2v) is 5.62. The van der Waals surface area contributed by atoms with Crippen molar-refractivity contribution in [1.82, 2.24) is 5.32 Å². The van der Waals surface area contributed by atoms with Crippen molar-refractivity contribution < 1.29 is 24.1 Å². The van der Waals surface area contributed by atoms with Gasteiger partial charge < -0.3 is 24.6 Å². The normalized spacial score (nSPS) is 11.6. The third kappa shape index (κ3) is 4.55. The van der Waals surface area contributed by atoms with Crippen LogP contribution in [0.3, 0.4) is 0 Å². The minimum atomic E-state index is -0.908. The van der Waals surface area contributed by atoms with Crippen molar-refractivity contribution in [2.45, 2.75) is 6.10 Å². The molecule has 1 amide bonds. The summed E-state index contributed by atoms with van der Waals surface area (Å²) >= 11 is 5.93. The number of aliphatic hydroxyl groups is 1. The molecule has 0 unspecified atom stereocenters. The summed E-state index contributed by atoms with van der Waals surface area (Å²) in [5.74, 6) is 1.08. The van der Waals surface area contributed by atoms with Crippen molar-refractivity contribution in [3.63, 3.8) is 0 Å². The van der Waals surface area contributed by atoms with Crippen molar-refractivity contribution in [1.29, 1.82) is 0 Å². The van der Waals surface area contributed by atoms with Crippen molar-refractivity contribution >= 4 is 17.5 Å². The van der Waals surface area contributed by atoms with Crippen LogP contribution < -0.4 is 19.5 Å². The van der Waals surface area contributed by atoms with Crippen molar-refractivity contribution in [2.75, 3.05) is 27.9 Å². The lowest BCUT2D eigenvalue weighted by Crippen LogP contribution is -2.28. The fourth-order valence-electron chi connectivity index (χ4n) is 2.32. The molecule has 0 saturated carbocycles. The molecule has 0 spiro atoms. The molecule has 2 N–H and O–H groups in total. The van der Waals surface area contributed by atoms with Gasteiger partial charge in [-0.05, 0) is 35.9 Å². The molecule has 6 nitrogen and oxygen atoms in total. The van der Waals surface area contributed by atoms with Crippen molar-refractivity contribution in [3.05, 3.63) is 52.5 Å². The molecule has 0 aliphatic heterocycles. The number of hydrogen-bond donors (Lipinski definition) is 2. The quantitative estimate of drug-likeness (QED) is 0.789. The lowest BCUT2D eigenvalue weighted by molar-refractivity contribution is 0.0913. The van der Waals surface area contributed by atoms with E-state index in [1.165, 1.54) is 27.4 Å². The molecule has 25 heavy (non-hydrogen) atoms. The van der Waals surface area contributed by atoms with Crippen LogP contribution in [-0.2, 0) is 0 Å². The Bertz CT molecular complexity index is 750. The number of amides is 1. The second kappa shape index (κ2) is 8.60. The second-order valence-electron chi connectivity index (χ2n) is 5.18. The van der Waals surface area contributed by atoms with E-state index in [0.29, 0.717) is 33.4 Å². The molecule has 0 bridgehead atoms. The van der Waals surface area contributed by atoms with Gasteiger partial charge >= 0.3 is 0 Å². The topological polar surface area (TPSA) is 77.0 Å². The van der Waals surface area contributed by atoms with Gasteiger partial charge in [-0.1, -0.05) is 17.7 Å². The Morgan fingerprint density at radius 3 is 2.32 bits per heavy atom. The highest BCUT2D eigenvalue weighted by molar-refractivity contribution is 6.31. The molecule has 2 aromatic rings. The van der Waals surface area contributed by atoms with Gasteiger partial charge in [-0.3, -0.25) is 4.79 Å². The molecule has 2 rings (SSSR count). The Hall–Kier alpha value is -2.44. The van der Waals surface area contributed by atoms with Crippen LogP contribution in [0.1, 0.15) is 22.0 Å². The third-order valence-corrected chi connectivity index (χ3v) is 3.89. The number of hydrogen-bond acceptors (Lipinski definition) is 5. The zero-order valence-corrected chi connectivity index (χ0v) is 15.0. The number of nitrogens with one attached hydrogen (secondary N) is 1. The Morgan fingerprint density at radius 1 is 1.04 bits per heavy atom. The van der Waals surface area contributed by atoms with Gasteiger partial charge in [0.1, 0.15) is 5.75 Å². The predicted octanol–water partition coefficient (Wildman–Crippen LogP) is 2.83. The largest absolute Gasteiger partial charge is 0.496 e. The van der Waals surface area contributed by atoms with Crippen LogP contribution in [-0.4, -0.2) is 38.9 Å². The first kappa shape index (κ1) is 18.9. The van der Waals surface area contributed by atoms with Crippen LogP contribution in [0.2, 0.25) is 5.02 Å². The molecular formula is C18H20ClNO5. The molecule has 0 aliphatic rings. The van der Waals surface area contributed by atoms with E-state index in [0.717, 1.165) is 0 Å². The highest BCUT2D eigenvalue weighted by Crippen LogP contribution is 2.30. The fourth-order valence-corrected chi connectivity index (χ4v) is 2.49. The highest BCUT2D eigenvalue weighted by atomic mass is 35.5. The van der Waals surface area contributed by atoms with Gasteiger partial charge in [0, 0.05) is 11.6 Å². The molecule has 2 aromatic carbocycles. The molecule has 0 heterocycles. The summed E-state index contributed by atoms with van der Waals surface area (Å²) < 4.78 is 15.5. The minimum Gasteiger partial charge on any atom is -0.496 e. The Kier molecular flexibility index (Phi) is 6.50. The maximum absolute atomic E-state index is 12.3. The summed E-state index contributed by atoms with van der Waals surface area (Å²) in [5, 5.41) is 13.4. The standard InChI is InChI=1S/C18H20ClNO5/c1-23-15-7-5-12(19)9-13(15)18(22)20-10-14(21)11-4-6-16(24-2)17(8-11)25-3/h4-9,14,21H,10H2,1-3H3,(H,20,22)/t14-/m1/s1. The molecular weight excluding hydrogens is 346 g/mol. The molecule has 0 aromatic heterocycles. The Labute approximate surface area is 151 Å². The number of aliphatic hydroxyl groups excluding tert-OH is 1. The summed E-state index contributed by atoms with van der Waals surface area (Å²) in [6.07, 6.45) is -0.908. The first-order chi connectivity index (χ1) is 12.0. The number of carbonyl (C=O) groups is 1. The molecule has 1 atom stereocenters. The lowest BCUT2D eigenvalue weighted by atomic mass is 10.1. The van der Waals surface area contributed by atoms with Crippen LogP contribution in [0.15, 0.2) is 36.4 Å². The average Bonchev–Trinajstić information content (AvgIpc) is 2.65. The van der Waals surface area contributed by atoms with Crippen LogP contribution in [0.25, 0.3) is 0 Å². The number of halogens is 1. The molecule has 134 valence electrons. The first-order valence-corrected chi connectivity index (χ1v) is 7.89. The van der Waals surface area contributed by atoms with Crippen molar-refractivity contribution in [2.24, 2.45) is 0 Å². The average molecular weight is 366 g/mol. The minimum absolute atomic E-state index is 0.0178. The zero-order chi connectivity index (χ0) is 18.4. The maximum atomic E-state index is 12.3. The van der Waals surface area contributed by atoms with Crippen LogP contribution in [0.5, 0.6) is 17.2 Å². The third-order valence-electron chi connectivity index (χ3n) is 3.65. The fraction of sp³-hybridized carbons (Fsp3) is 0.278. The Balaban J connectivity index is 2.08. The maximum Gasteiger partial charge on any atom is 0.255 e. The van der Waals surface area contributed by atoms with Gasteiger partial charge in [-0.25, -0.2) is 0 Å². The van der Waals surface area contributed by atoms with Gasteiger partial charge in [0.15, 0.2) is 11.5 Å². The monoisotopic (exact) mass is 365 g/mol. The molecule has 0 radical (unpaired) electrons. The van der Waals surface area contributed by atoms with E-state index in [-0.39, 0.29) is 12.5 Å². The van der Waals surface area contributed by atoms with E-state index in [1.54, 1.807) is 30.3 Å². The summed E-state index contributed by atoms with van der Waals surface area (Å²) in [5.41, 5.74) is 0.894. The van der Waals surface area contributed by atoms with Gasteiger partial charge in [-0.2, -0.15) is 0 Å². The van der Waals surface area contributed by atoms with Gasteiger partial charge in [0.2, 0.25) is 0 Å². The number of carbonyl (C=O) groups excluding carboxylic acids is 1. The first-order valence-electron chi connectivity index (χ1n) is 7.51. The predicted molar refractivity (Wildman–Crippen MR) is 94.8 cm³/mol. The summed E-state index contributed by atoms with van der Waals surface area (Å²) in [6, 6.07) is 9.82. The summed E-state index contributed by atoms with van der Waals surface area (Å²) in [7, 11) is 4.52. The summed E-state index contributed by atoms with van der Waals surface area (Å²) in [4.78, 5) is 12.3. The van der Waals surface area contributed by atoms with Crippen LogP contribution in [0.4, 0.5) is 0 Å². The SMILES string of the molecule is COc1ccc([C@H](O)CNC(=O)c2cc(Cl)ccc2OC)cc1OC. The Morgan fingerprint density at radius 2 is 1.68 bits per heavy atom. The van der Waals surface area contributed by atoms with E-state index in [1.807, 2.05) is 0 Å². The highest BCUT2D eigenvalue weighted by Gasteiger charge is 2.16. The van der Waals surface area contributed by atoms with Gasteiger partial charge in [-0.15, -0.1) is 0 Å². The molecule has 0 aliphatic carbocycles. The number of ether oxygens (including phenoxy) is 3.